The van der Waals surface area contributed by atoms with Crippen LogP contribution in [-0.4, -0.2) is 9.55 Å². The van der Waals surface area contributed by atoms with Crippen LogP contribution in [0, 0.1) is 6.92 Å². The van der Waals surface area contributed by atoms with Gasteiger partial charge in [-0.25, -0.2) is 4.98 Å². The van der Waals surface area contributed by atoms with Crippen molar-refractivity contribution in [2.75, 3.05) is 0 Å². The third-order valence-corrected chi connectivity index (χ3v) is 4.27. The summed E-state index contributed by atoms with van der Waals surface area (Å²) in [6.07, 6.45) is 4.04. The van der Waals surface area contributed by atoms with E-state index in [-0.39, 0.29) is 0 Å². The molecule has 0 fully saturated rings. The van der Waals surface area contributed by atoms with Crippen molar-refractivity contribution in [3.8, 4) is 0 Å². The summed E-state index contributed by atoms with van der Waals surface area (Å²) in [5.41, 5.74) is 8.08. The van der Waals surface area contributed by atoms with E-state index in [2.05, 4.69) is 15.7 Å². The maximum atomic E-state index is 6.10. The summed E-state index contributed by atoms with van der Waals surface area (Å²) in [5.74, 6) is 0. The number of aromatic nitrogens is 2. The van der Waals surface area contributed by atoms with Gasteiger partial charge in [0.25, 0.3) is 0 Å². The molecule has 0 amide bonds. The van der Waals surface area contributed by atoms with Crippen molar-refractivity contribution in [2.24, 2.45) is 5.73 Å². The van der Waals surface area contributed by atoms with Gasteiger partial charge in [0.2, 0.25) is 0 Å². The Morgan fingerprint density at radius 2 is 2.26 bits per heavy atom. The molecule has 0 unspecified atom stereocenters. The van der Waals surface area contributed by atoms with Crippen molar-refractivity contribution < 1.29 is 0 Å². The van der Waals surface area contributed by atoms with Crippen LogP contribution in [0.25, 0.3) is 10.9 Å². The van der Waals surface area contributed by atoms with Gasteiger partial charge in [-0.1, -0.05) is 17.7 Å². The molecule has 0 saturated carbocycles. The average molecular weight is 292 g/mol. The molecule has 19 heavy (non-hydrogen) atoms. The fourth-order valence-corrected chi connectivity index (χ4v) is 3.24. The lowest BCUT2D eigenvalue weighted by Crippen LogP contribution is -1.97. The zero-order chi connectivity index (χ0) is 13.4. The van der Waals surface area contributed by atoms with Crippen LogP contribution in [-0.2, 0) is 13.1 Å². The van der Waals surface area contributed by atoms with Crippen molar-refractivity contribution >= 4 is 33.8 Å². The molecule has 0 saturated heterocycles. The Labute approximate surface area is 120 Å². The maximum Gasteiger partial charge on any atom is 0.0897 e. The zero-order valence-electron chi connectivity index (χ0n) is 10.6. The molecule has 3 nitrogen and oxygen atoms in total. The molecule has 0 aliphatic heterocycles. The van der Waals surface area contributed by atoms with Gasteiger partial charge in [-0.2, -0.15) is 0 Å². The van der Waals surface area contributed by atoms with Crippen LogP contribution in [0.5, 0.6) is 0 Å². The molecule has 2 aromatic heterocycles. The van der Waals surface area contributed by atoms with E-state index in [1.54, 1.807) is 11.3 Å². The predicted octanol–water partition coefficient (Wildman–Crippen LogP) is 3.57. The van der Waals surface area contributed by atoms with Gasteiger partial charge in [0.15, 0.2) is 0 Å². The van der Waals surface area contributed by atoms with Crippen molar-refractivity contribution in [3.05, 3.63) is 51.1 Å². The molecule has 3 rings (SSSR count). The van der Waals surface area contributed by atoms with Crippen LogP contribution in [0.15, 0.2) is 30.6 Å². The number of hydrogen-bond donors (Lipinski definition) is 1. The fourth-order valence-electron chi connectivity index (χ4n) is 2.28. The molecule has 0 atom stereocenters. The van der Waals surface area contributed by atoms with Crippen molar-refractivity contribution in [3.63, 3.8) is 0 Å². The normalized spacial score (nSPS) is 11.3. The molecule has 2 heterocycles. The number of aryl methyl sites for hydroxylation is 1. The largest absolute Gasteiger partial charge is 0.342 e. The molecule has 3 aromatic rings. The van der Waals surface area contributed by atoms with Crippen molar-refractivity contribution in [1.82, 2.24) is 9.55 Å². The lowest BCUT2D eigenvalue weighted by Gasteiger charge is -2.03. The Morgan fingerprint density at radius 3 is 2.95 bits per heavy atom. The topological polar surface area (TPSA) is 43.8 Å². The molecule has 5 heteroatoms. The second kappa shape index (κ2) is 4.96. The van der Waals surface area contributed by atoms with E-state index in [1.165, 1.54) is 10.3 Å². The summed E-state index contributed by atoms with van der Waals surface area (Å²) in [7, 11) is 0. The van der Waals surface area contributed by atoms with E-state index < -0.39 is 0 Å². The molecule has 0 radical (unpaired) electrons. The number of fused-ring (bicyclic) bond motifs is 1. The van der Waals surface area contributed by atoms with Gasteiger partial charge in [0.1, 0.15) is 0 Å². The minimum atomic E-state index is 0.535. The van der Waals surface area contributed by atoms with Gasteiger partial charge in [0, 0.05) is 34.2 Å². The molecule has 0 spiro atoms. The first kappa shape index (κ1) is 12.7. The van der Waals surface area contributed by atoms with E-state index in [9.17, 15) is 0 Å². The van der Waals surface area contributed by atoms with E-state index in [1.807, 2.05) is 31.3 Å². The number of benzene rings is 1. The molecule has 2 N–H and O–H groups in total. The lowest BCUT2D eigenvalue weighted by molar-refractivity contribution is 0.841. The Morgan fingerprint density at radius 1 is 1.42 bits per heavy atom. The number of rotatable bonds is 3. The second-order valence-electron chi connectivity index (χ2n) is 4.49. The minimum Gasteiger partial charge on any atom is -0.342 e. The van der Waals surface area contributed by atoms with E-state index in [0.717, 1.165) is 27.7 Å². The molecule has 0 aliphatic rings. The standard InChI is InChI=1S/C14H14ClN3S/c1-9-17-6-12(19-9)8-18-7-10(5-16)13-3-2-11(15)4-14(13)18/h2-4,6-7H,5,8,16H2,1H3. The fraction of sp³-hybridized carbons (Fsp3) is 0.214. The quantitative estimate of drug-likeness (QED) is 0.802. The minimum absolute atomic E-state index is 0.535. The SMILES string of the molecule is Cc1ncc(Cn2cc(CN)c3ccc(Cl)cc32)s1. The van der Waals surface area contributed by atoms with Crippen LogP contribution in [0.1, 0.15) is 15.4 Å². The van der Waals surface area contributed by atoms with Crippen LogP contribution in [0.2, 0.25) is 5.02 Å². The third-order valence-electron chi connectivity index (χ3n) is 3.14. The Hall–Kier alpha value is -1.36. The first-order chi connectivity index (χ1) is 9.17. The van der Waals surface area contributed by atoms with Crippen LogP contribution < -0.4 is 5.73 Å². The van der Waals surface area contributed by atoms with Gasteiger partial charge in [-0.3, -0.25) is 0 Å². The number of nitrogens with two attached hydrogens (primary N) is 1. The monoisotopic (exact) mass is 291 g/mol. The number of hydrogen-bond acceptors (Lipinski definition) is 3. The van der Waals surface area contributed by atoms with E-state index in [0.29, 0.717) is 6.54 Å². The number of thiazole rings is 1. The highest BCUT2D eigenvalue weighted by molar-refractivity contribution is 7.11. The van der Waals surface area contributed by atoms with Gasteiger partial charge < -0.3 is 10.3 Å². The Balaban J connectivity index is 2.09. The summed E-state index contributed by atoms with van der Waals surface area (Å²) in [6, 6.07) is 5.93. The molecule has 0 aliphatic carbocycles. The Bertz CT molecular complexity index is 729. The van der Waals surface area contributed by atoms with Crippen LogP contribution in [0.4, 0.5) is 0 Å². The number of nitrogens with zero attached hydrogens (tertiary/aromatic N) is 2. The first-order valence-electron chi connectivity index (χ1n) is 6.06. The van der Waals surface area contributed by atoms with Crippen molar-refractivity contribution in [2.45, 2.75) is 20.0 Å². The van der Waals surface area contributed by atoms with E-state index >= 15 is 0 Å². The van der Waals surface area contributed by atoms with Gasteiger partial charge in [-0.15, -0.1) is 11.3 Å². The second-order valence-corrected chi connectivity index (χ2v) is 6.25. The van der Waals surface area contributed by atoms with Crippen LogP contribution >= 0.6 is 22.9 Å². The summed E-state index contributed by atoms with van der Waals surface area (Å²) in [6.45, 7) is 3.36. The predicted molar refractivity (Wildman–Crippen MR) is 80.8 cm³/mol. The molecule has 0 bridgehead atoms. The molecular formula is C14H14ClN3S. The summed E-state index contributed by atoms with van der Waals surface area (Å²) >= 11 is 7.81. The highest BCUT2D eigenvalue weighted by atomic mass is 35.5. The van der Waals surface area contributed by atoms with Gasteiger partial charge in [-0.05, 0) is 24.6 Å². The zero-order valence-corrected chi connectivity index (χ0v) is 12.1. The molecule has 1 aromatic carbocycles. The van der Waals surface area contributed by atoms with Crippen molar-refractivity contribution in [1.29, 1.82) is 0 Å². The van der Waals surface area contributed by atoms with Crippen LogP contribution in [0.3, 0.4) is 0 Å². The van der Waals surface area contributed by atoms with Gasteiger partial charge in [0.05, 0.1) is 17.1 Å². The first-order valence-corrected chi connectivity index (χ1v) is 7.25. The third kappa shape index (κ3) is 2.39. The van der Waals surface area contributed by atoms with E-state index in [4.69, 9.17) is 17.3 Å². The van der Waals surface area contributed by atoms with Gasteiger partial charge >= 0.3 is 0 Å². The number of halogens is 1. The Kier molecular flexibility index (Phi) is 3.31. The summed E-state index contributed by atoms with van der Waals surface area (Å²) in [4.78, 5) is 5.53. The summed E-state index contributed by atoms with van der Waals surface area (Å²) < 4.78 is 2.19. The highest BCUT2D eigenvalue weighted by Gasteiger charge is 2.09. The lowest BCUT2D eigenvalue weighted by atomic mass is 10.2. The smallest absolute Gasteiger partial charge is 0.0897 e. The molecular weight excluding hydrogens is 278 g/mol. The summed E-state index contributed by atoms with van der Waals surface area (Å²) in [5, 5.41) is 3.01. The maximum absolute atomic E-state index is 6.10. The average Bonchev–Trinajstić information content (AvgIpc) is 2.94. The highest BCUT2D eigenvalue weighted by Crippen LogP contribution is 2.26. The molecule has 98 valence electrons.